The van der Waals surface area contributed by atoms with E-state index in [1.54, 1.807) is 31.3 Å². The standard InChI is InChI=1S/C16H16FNO2/c1-10(2)20-14-6-13(8-18-9-14)16(19)12-5-4-11(3)15(17)7-12/h4-10H,1-3H3. The van der Waals surface area contributed by atoms with Crippen LogP contribution in [0.15, 0.2) is 36.7 Å². The molecule has 0 aliphatic heterocycles. The quantitative estimate of drug-likeness (QED) is 0.800. The molecule has 0 fully saturated rings. The highest BCUT2D eigenvalue weighted by molar-refractivity contribution is 6.09. The van der Waals surface area contributed by atoms with E-state index < -0.39 is 5.82 Å². The van der Waals surface area contributed by atoms with E-state index in [9.17, 15) is 9.18 Å². The molecule has 0 bridgehead atoms. The van der Waals surface area contributed by atoms with Crippen molar-refractivity contribution in [2.45, 2.75) is 26.9 Å². The van der Waals surface area contributed by atoms with E-state index in [4.69, 9.17) is 4.74 Å². The van der Waals surface area contributed by atoms with E-state index in [1.165, 1.54) is 12.3 Å². The zero-order chi connectivity index (χ0) is 14.7. The van der Waals surface area contributed by atoms with E-state index in [0.717, 1.165) is 0 Å². The van der Waals surface area contributed by atoms with Gasteiger partial charge in [-0.25, -0.2) is 4.39 Å². The van der Waals surface area contributed by atoms with Crippen LogP contribution >= 0.6 is 0 Å². The van der Waals surface area contributed by atoms with Crippen molar-refractivity contribution in [1.82, 2.24) is 4.98 Å². The predicted molar refractivity (Wildman–Crippen MR) is 74.6 cm³/mol. The molecule has 2 rings (SSSR count). The summed E-state index contributed by atoms with van der Waals surface area (Å²) in [5.74, 6) is -0.137. The van der Waals surface area contributed by atoms with Gasteiger partial charge in [0.15, 0.2) is 5.78 Å². The van der Waals surface area contributed by atoms with Gasteiger partial charge < -0.3 is 4.74 Å². The fraction of sp³-hybridized carbons (Fsp3) is 0.250. The maximum absolute atomic E-state index is 13.5. The van der Waals surface area contributed by atoms with Crippen LogP contribution in [-0.4, -0.2) is 16.9 Å². The summed E-state index contributed by atoms with van der Waals surface area (Å²) in [5.41, 5.74) is 1.19. The zero-order valence-corrected chi connectivity index (χ0v) is 11.7. The number of hydrogen-bond donors (Lipinski definition) is 0. The second-order valence-electron chi connectivity index (χ2n) is 4.87. The number of benzene rings is 1. The number of pyridine rings is 1. The van der Waals surface area contributed by atoms with Crippen LogP contribution in [0.25, 0.3) is 0 Å². The third-order valence-electron chi connectivity index (χ3n) is 2.78. The molecular formula is C16H16FNO2. The van der Waals surface area contributed by atoms with Gasteiger partial charge in [-0.15, -0.1) is 0 Å². The Morgan fingerprint density at radius 3 is 2.60 bits per heavy atom. The molecular weight excluding hydrogens is 257 g/mol. The Bertz CT molecular complexity index is 638. The Balaban J connectivity index is 2.30. The number of hydrogen-bond acceptors (Lipinski definition) is 3. The van der Waals surface area contributed by atoms with Crippen LogP contribution in [0.4, 0.5) is 4.39 Å². The van der Waals surface area contributed by atoms with Crippen molar-refractivity contribution in [1.29, 1.82) is 0 Å². The number of halogens is 1. The Morgan fingerprint density at radius 2 is 1.95 bits per heavy atom. The molecule has 1 heterocycles. The molecule has 0 saturated heterocycles. The molecule has 0 amide bonds. The molecule has 4 heteroatoms. The molecule has 20 heavy (non-hydrogen) atoms. The first kappa shape index (κ1) is 14.2. The molecule has 0 aliphatic rings. The summed E-state index contributed by atoms with van der Waals surface area (Å²) in [6, 6.07) is 6.06. The molecule has 0 atom stereocenters. The van der Waals surface area contributed by atoms with Gasteiger partial charge in [0.25, 0.3) is 0 Å². The van der Waals surface area contributed by atoms with Crippen molar-refractivity contribution in [3.05, 3.63) is 59.2 Å². The number of nitrogens with zero attached hydrogens (tertiary/aromatic N) is 1. The van der Waals surface area contributed by atoms with Crippen LogP contribution in [0.5, 0.6) is 5.75 Å². The highest BCUT2D eigenvalue weighted by atomic mass is 19.1. The van der Waals surface area contributed by atoms with E-state index in [1.807, 2.05) is 13.8 Å². The molecule has 0 N–H and O–H groups in total. The highest BCUT2D eigenvalue weighted by Gasteiger charge is 2.12. The lowest BCUT2D eigenvalue weighted by Crippen LogP contribution is -2.08. The summed E-state index contributed by atoms with van der Waals surface area (Å²) in [5, 5.41) is 0. The summed E-state index contributed by atoms with van der Waals surface area (Å²) in [4.78, 5) is 16.3. The van der Waals surface area contributed by atoms with E-state index in [-0.39, 0.29) is 11.9 Å². The number of aryl methyl sites for hydroxylation is 1. The van der Waals surface area contributed by atoms with E-state index >= 15 is 0 Å². The molecule has 0 spiro atoms. The van der Waals surface area contributed by atoms with Crippen LogP contribution < -0.4 is 4.74 Å². The Labute approximate surface area is 117 Å². The van der Waals surface area contributed by atoms with Crippen LogP contribution in [0.1, 0.15) is 35.3 Å². The number of carbonyl (C=O) groups excluding carboxylic acids is 1. The fourth-order valence-corrected chi connectivity index (χ4v) is 1.78. The minimum Gasteiger partial charge on any atom is -0.489 e. The monoisotopic (exact) mass is 273 g/mol. The third-order valence-corrected chi connectivity index (χ3v) is 2.78. The van der Waals surface area contributed by atoms with Gasteiger partial charge in [-0.05, 0) is 38.5 Å². The molecule has 1 aromatic carbocycles. The van der Waals surface area contributed by atoms with Crippen molar-refractivity contribution >= 4 is 5.78 Å². The van der Waals surface area contributed by atoms with Crippen LogP contribution in [0, 0.1) is 12.7 Å². The minimum absolute atomic E-state index is 0.000952. The SMILES string of the molecule is Cc1ccc(C(=O)c2cncc(OC(C)C)c2)cc1F. The van der Waals surface area contributed by atoms with E-state index in [2.05, 4.69) is 4.98 Å². The molecule has 1 aromatic heterocycles. The summed E-state index contributed by atoms with van der Waals surface area (Å²) < 4.78 is 19.0. The van der Waals surface area contributed by atoms with Gasteiger partial charge in [-0.1, -0.05) is 12.1 Å². The summed E-state index contributed by atoms with van der Waals surface area (Å²) in [7, 11) is 0. The second-order valence-corrected chi connectivity index (χ2v) is 4.87. The van der Waals surface area contributed by atoms with Crippen molar-refractivity contribution in [3.8, 4) is 5.75 Å². The molecule has 2 aromatic rings. The number of ether oxygens (including phenoxy) is 1. The van der Waals surface area contributed by atoms with Crippen molar-refractivity contribution in [3.63, 3.8) is 0 Å². The lowest BCUT2D eigenvalue weighted by Gasteiger charge is -2.10. The van der Waals surface area contributed by atoms with Crippen LogP contribution in [0.3, 0.4) is 0 Å². The van der Waals surface area contributed by atoms with Crippen molar-refractivity contribution < 1.29 is 13.9 Å². The Kier molecular flexibility index (Phi) is 4.13. The Hall–Kier alpha value is -2.23. The first-order valence-electron chi connectivity index (χ1n) is 6.40. The van der Waals surface area contributed by atoms with Gasteiger partial charge in [-0.3, -0.25) is 9.78 Å². The Morgan fingerprint density at radius 1 is 1.20 bits per heavy atom. The largest absolute Gasteiger partial charge is 0.489 e. The van der Waals surface area contributed by atoms with Crippen LogP contribution in [-0.2, 0) is 0 Å². The van der Waals surface area contributed by atoms with E-state index in [0.29, 0.717) is 22.4 Å². The first-order chi connectivity index (χ1) is 9.47. The minimum atomic E-state index is -0.390. The fourth-order valence-electron chi connectivity index (χ4n) is 1.78. The number of rotatable bonds is 4. The molecule has 104 valence electrons. The smallest absolute Gasteiger partial charge is 0.194 e. The topological polar surface area (TPSA) is 39.2 Å². The molecule has 0 radical (unpaired) electrons. The van der Waals surface area contributed by atoms with Crippen molar-refractivity contribution in [2.75, 3.05) is 0 Å². The maximum Gasteiger partial charge on any atom is 0.194 e. The third kappa shape index (κ3) is 3.20. The van der Waals surface area contributed by atoms with Gasteiger partial charge in [0.1, 0.15) is 11.6 Å². The number of carbonyl (C=O) groups is 1. The first-order valence-corrected chi connectivity index (χ1v) is 6.40. The molecule has 0 unspecified atom stereocenters. The molecule has 0 aliphatic carbocycles. The lowest BCUT2D eigenvalue weighted by atomic mass is 10.0. The highest BCUT2D eigenvalue weighted by Crippen LogP contribution is 2.17. The second kappa shape index (κ2) is 5.82. The summed E-state index contributed by atoms with van der Waals surface area (Å²) in [6.07, 6.45) is 3.00. The maximum atomic E-state index is 13.5. The van der Waals surface area contributed by atoms with Gasteiger partial charge >= 0.3 is 0 Å². The number of ketones is 1. The zero-order valence-electron chi connectivity index (χ0n) is 11.7. The summed E-state index contributed by atoms with van der Waals surface area (Å²) in [6.45, 7) is 5.44. The summed E-state index contributed by atoms with van der Waals surface area (Å²) >= 11 is 0. The molecule has 0 saturated carbocycles. The normalized spacial score (nSPS) is 10.7. The lowest BCUT2D eigenvalue weighted by molar-refractivity contribution is 0.103. The van der Waals surface area contributed by atoms with Gasteiger partial charge in [-0.2, -0.15) is 0 Å². The van der Waals surface area contributed by atoms with Gasteiger partial charge in [0.05, 0.1) is 12.3 Å². The number of aromatic nitrogens is 1. The molecule has 3 nitrogen and oxygen atoms in total. The predicted octanol–water partition coefficient (Wildman–Crippen LogP) is 3.55. The average Bonchev–Trinajstić information content (AvgIpc) is 2.40. The van der Waals surface area contributed by atoms with Gasteiger partial charge in [0.2, 0.25) is 0 Å². The van der Waals surface area contributed by atoms with Crippen molar-refractivity contribution in [2.24, 2.45) is 0 Å². The van der Waals surface area contributed by atoms with Crippen LogP contribution in [0.2, 0.25) is 0 Å². The average molecular weight is 273 g/mol. The van der Waals surface area contributed by atoms with Gasteiger partial charge in [0, 0.05) is 17.3 Å².